The van der Waals surface area contributed by atoms with Gasteiger partial charge in [0.1, 0.15) is 0 Å². The van der Waals surface area contributed by atoms with Crippen LogP contribution in [0.1, 0.15) is 17.3 Å². The van der Waals surface area contributed by atoms with E-state index < -0.39 is 18.6 Å². The Morgan fingerprint density at radius 2 is 1.71 bits per heavy atom. The van der Waals surface area contributed by atoms with E-state index in [0.29, 0.717) is 5.56 Å². The highest BCUT2D eigenvalue weighted by atomic mass is 19.4. The number of rotatable bonds is 4. The fourth-order valence-corrected chi connectivity index (χ4v) is 1.36. The van der Waals surface area contributed by atoms with E-state index in [1.165, 1.54) is 7.05 Å². The van der Waals surface area contributed by atoms with Crippen LogP contribution in [0, 0.1) is 6.92 Å². The predicted octanol–water partition coefficient (Wildman–Crippen LogP) is 1.68. The van der Waals surface area contributed by atoms with Gasteiger partial charge in [-0.1, -0.05) is 29.8 Å². The second kappa shape index (κ2) is 5.48. The van der Waals surface area contributed by atoms with Crippen LogP contribution >= 0.6 is 0 Å². The highest BCUT2D eigenvalue weighted by Gasteiger charge is 2.39. The Labute approximate surface area is 97.6 Å². The van der Waals surface area contributed by atoms with Crippen molar-refractivity contribution in [3.05, 3.63) is 35.4 Å². The van der Waals surface area contributed by atoms with Crippen molar-refractivity contribution < 1.29 is 18.3 Å². The molecule has 1 rings (SSSR count). The molecule has 0 amide bonds. The number of aliphatic hydroxyl groups excluding tert-OH is 1. The minimum absolute atomic E-state index is 0.626. The van der Waals surface area contributed by atoms with Crippen LogP contribution in [0.5, 0.6) is 0 Å². The minimum Gasteiger partial charge on any atom is -0.370 e. The van der Waals surface area contributed by atoms with Crippen molar-refractivity contribution in [1.29, 1.82) is 0 Å². The molecule has 17 heavy (non-hydrogen) atoms. The molecule has 1 aromatic carbocycles. The Morgan fingerprint density at radius 1 is 1.18 bits per heavy atom. The molecule has 0 aliphatic heterocycles. The summed E-state index contributed by atoms with van der Waals surface area (Å²) in [6.45, 7) is 1.89. The van der Waals surface area contributed by atoms with E-state index in [9.17, 15) is 13.2 Å². The molecule has 0 radical (unpaired) electrons. The number of alkyl halides is 3. The van der Waals surface area contributed by atoms with Gasteiger partial charge in [-0.25, -0.2) is 0 Å². The third-order valence-corrected chi connectivity index (χ3v) is 2.33. The lowest BCUT2D eigenvalue weighted by Gasteiger charge is -2.24. The van der Waals surface area contributed by atoms with Crippen molar-refractivity contribution in [3.8, 4) is 0 Å². The minimum atomic E-state index is -4.68. The fourth-order valence-electron chi connectivity index (χ4n) is 1.36. The lowest BCUT2D eigenvalue weighted by molar-refractivity contribution is -0.216. The molecule has 3 nitrogen and oxygen atoms in total. The summed E-state index contributed by atoms with van der Waals surface area (Å²) < 4.78 is 36.6. The maximum atomic E-state index is 12.2. The Balaban J connectivity index is 2.75. The van der Waals surface area contributed by atoms with Gasteiger partial charge >= 0.3 is 6.18 Å². The van der Waals surface area contributed by atoms with Crippen molar-refractivity contribution in [1.82, 2.24) is 10.6 Å². The average Bonchev–Trinajstić information content (AvgIpc) is 2.25. The van der Waals surface area contributed by atoms with Crippen LogP contribution in [0.3, 0.4) is 0 Å². The maximum absolute atomic E-state index is 12.2. The number of benzene rings is 1. The molecule has 1 aromatic rings. The molecule has 0 saturated carbocycles. The van der Waals surface area contributed by atoms with Crippen LogP contribution in [-0.2, 0) is 0 Å². The van der Waals surface area contributed by atoms with Crippen LogP contribution in [0.4, 0.5) is 13.2 Å². The Morgan fingerprint density at radius 3 is 2.12 bits per heavy atom. The zero-order valence-corrected chi connectivity index (χ0v) is 9.55. The van der Waals surface area contributed by atoms with Crippen LogP contribution in [0.15, 0.2) is 24.3 Å². The summed E-state index contributed by atoms with van der Waals surface area (Å²) in [5, 5.41) is 13.7. The molecular weight excluding hydrogens is 233 g/mol. The molecular formula is C11H15F3N2O. The molecule has 2 unspecified atom stereocenters. The lowest BCUT2D eigenvalue weighted by Crippen LogP contribution is -2.47. The van der Waals surface area contributed by atoms with E-state index >= 15 is 0 Å². The van der Waals surface area contributed by atoms with E-state index in [4.69, 9.17) is 5.11 Å². The highest BCUT2D eigenvalue weighted by Crippen LogP contribution is 2.21. The third kappa shape index (κ3) is 3.99. The van der Waals surface area contributed by atoms with Gasteiger partial charge in [0.05, 0.1) is 6.17 Å². The largest absolute Gasteiger partial charge is 0.428 e. The van der Waals surface area contributed by atoms with Gasteiger partial charge in [-0.3, -0.25) is 5.32 Å². The fraction of sp³-hybridized carbons (Fsp3) is 0.455. The maximum Gasteiger partial charge on any atom is 0.428 e. The van der Waals surface area contributed by atoms with Crippen molar-refractivity contribution in [2.24, 2.45) is 0 Å². The molecule has 0 aliphatic carbocycles. The van der Waals surface area contributed by atoms with Crippen molar-refractivity contribution in [2.45, 2.75) is 25.5 Å². The van der Waals surface area contributed by atoms with Crippen molar-refractivity contribution in [3.63, 3.8) is 0 Å². The smallest absolute Gasteiger partial charge is 0.370 e. The van der Waals surface area contributed by atoms with Crippen LogP contribution in [-0.4, -0.2) is 24.6 Å². The molecule has 0 saturated heterocycles. The standard InChI is InChI=1S/C11H15F3N2O/c1-7-3-5-8(6-4-7)9(15-2)16-10(17)11(12,13)14/h3-6,9-10,15-17H,1-2H3. The van der Waals surface area contributed by atoms with E-state index in [-0.39, 0.29) is 0 Å². The van der Waals surface area contributed by atoms with Gasteiger partial charge in [-0.2, -0.15) is 13.2 Å². The number of aliphatic hydroxyl groups is 1. The molecule has 0 aromatic heterocycles. The summed E-state index contributed by atoms with van der Waals surface area (Å²) in [6, 6.07) is 6.99. The van der Waals surface area contributed by atoms with Crippen molar-refractivity contribution in [2.75, 3.05) is 7.05 Å². The number of aryl methyl sites for hydroxylation is 1. The lowest BCUT2D eigenvalue weighted by atomic mass is 10.1. The Kier molecular flexibility index (Phi) is 4.50. The number of hydrogen-bond acceptors (Lipinski definition) is 3. The van der Waals surface area contributed by atoms with Gasteiger partial charge in [0.15, 0.2) is 0 Å². The van der Waals surface area contributed by atoms with Gasteiger partial charge in [0, 0.05) is 0 Å². The molecule has 6 heteroatoms. The third-order valence-electron chi connectivity index (χ3n) is 2.33. The first kappa shape index (κ1) is 14.0. The summed E-state index contributed by atoms with van der Waals surface area (Å²) in [5.41, 5.74) is 1.64. The van der Waals surface area contributed by atoms with Gasteiger partial charge in [0.2, 0.25) is 6.23 Å². The van der Waals surface area contributed by atoms with E-state index in [0.717, 1.165) is 5.56 Å². The molecule has 96 valence electrons. The van der Waals surface area contributed by atoms with E-state index in [2.05, 4.69) is 10.6 Å². The molecule has 0 fully saturated rings. The summed E-state index contributed by atoms with van der Waals surface area (Å²) in [6.07, 6.45) is -7.99. The quantitative estimate of drug-likeness (QED) is 0.710. The second-order valence-corrected chi connectivity index (χ2v) is 3.74. The van der Waals surface area contributed by atoms with Crippen LogP contribution < -0.4 is 10.6 Å². The monoisotopic (exact) mass is 248 g/mol. The summed E-state index contributed by atoms with van der Waals surface area (Å²) >= 11 is 0. The van der Waals surface area contributed by atoms with Crippen molar-refractivity contribution >= 4 is 0 Å². The highest BCUT2D eigenvalue weighted by molar-refractivity contribution is 5.23. The zero-order valence-electron chi connectivity index (χ0n) is 9.55. The zero-order chi connectivity index (χ0) is 13.1. The molecule has 0 spiro atoms. The van der Waals surface area contributed by atoms with Crippen LogP contribution in [0.25, 0.3) is 0 Å². The molecule has 0 bridgehead atoms. The first-order chi connectivity index (χ1) is 7.84. The Bertz CT molecular complexity index is 351. The number of nitrogens with one attached hydrogen (secondary N) is 2. The van der Waals surface area contributed by atoms with Gasteiger partial charge in [-0.05, 0) is 19.5 Å². The first-order valence-electron chi connectivity index (χ1n) is 5.09. The molecule has 0 heterocycles. The number of hydrogen-bond donors (Lipinski definition) is 3. The summed E-state index contributed by atoms with van der Waals surface area (Å²) in [5.74, 6) is 0. The van der Waals surface area contributed by atoms with E-state index in [1.54, 1.807) is 24.3 Å². The van der Waals surface area contributed by atoms with E-state index in [1.807, 2.05) is 6.92 Å². The normalized spacial score (nSPS) is 15.6. The molecule has 0 aliphatic rings. The van der Waals surface area contributed by atoms with Gasteiger partial charge < -0.3 is 10.4 Å². The summed E-state index contributed by atoms with van der Waals surface area (Å²) in [4.78, 5) is 0. The molecule has 2 atom stereocenters. The predicted molar refractivity (Wildman–Crippen MR) is 58.2 cm³/mol. The summed E-state index contributed by atoms with van der Waals surface area (Å²) in [7, 11) is 1.51. The topological polar surface area (TPSA) is 44.3 Å². The second-order valence-electron chi connectivity index (χ2n) is 3.74. The number of halogens is 3. The average molecular weight is 248 g/mol. The van der Waals surface area contributed by atoms with Gasteiger partial charge in [-0.15, -0.1) is 0 Å². The SMILES string of the molecule is CNC(NC(O)C(F)(F)F)c1ccc(C)cc1. The van der Waals surface area contributed by atoms with Gasteiger partial charge in [0.25, 0.3) is 0 Å². The molecule has 3 N–H and O–H groups in total. The Hall–Kier alpha value is -1.11. The van der Waals surface area contributed by atoms with Crippen LogP contribution in [0.2, 0.25) is 0 Å². The first-order valence-corrected chi connectivity index (χ1v) is 5.09.